The number of hydrogen-bond acceptors (Lipinski definition) is 1. The van der Waals surface area contributed by atoms with E-state index in [1.165, 1.54) is 0 Å². The van der Waals surface area contributed by atoms with E-state index in [1.807, 2.05) is 30.2 Å². The molecule has 0 aliphatic rings. The molecule has 0 N–H and O–H groups in total. The molecule has 10 heavy (non-hydrogen) atoms. The molecule has 1 aromatic rings. The Labute approximate surface area is 70.6 Å². The molecule has 0 aliphatic heterocycles. The van der Waals surface area contributed by atoms with Gasteiger partial charge in [-0.3, -0.25) is 4.98 Å². The Morgan fingerprint density at radius 3 is 2.40 bits per heavy atom. The van der Waals surface area contributed by atoms with Gasteiger partial charge in [-0.1, -0.05) is 28.9 Å². The van der Waals surface area contributed by atoms with E-state index in [4.69, 9.17) is 0 Å². The minimum Gasteiger partial charge on any atom is -0.261 e. The summed E-state index contributed by atoms with van der Waals surface area (Å²) in [4.78, 5) is 4.10. The Kier molecular flexibility index (Phi) is 6.50. The van der Waals surface area contributed by atoms with Crippen molar-refractivity contribution in [2.24, 2.45) is 0 Å². The van der Waals surface area contributed by atoms with Gasteiger partial charge in [-0.2, -0.15) is 0 Å². The summed E-state index contributed by atoms with van der Waals surface area (Å²) in [5, 5.41) is 0. The van der Waals surface area contributed by atoms with Crippen LogP contribution >= 0.6 is 15.9 Å². The molecule has 0 bridgehead atoms. The Morgan fingerprint density at radius 2 is 2.10 bits per heavy atom. The number of aromatic nitrogens is 1. The Hall–Kier alpha value is -0.370. The molecule has 0 fully saturated rings. The van der Waals surface area contributed by atoms with Crippen LogP contribution in [0.1, 0.15) is 12.6 Å². The number of nitrogens with zero attached hydrogens (tertiary/aromatic N) is 1. The number of aryl methyl sites for hydroxylation is 1. The van der Waals surface area contributed by atoms with Crippen LogP contribution in [0.25, 0.3) is 0 Å². The Bertz CT molecular complexity index is 151. The standard InChI is InChI=1S/C7H9N.CH3Br/c1-2-7-5-3-4-6-8-7;1-2/h3-6H,2H2,1H3;1H3. The summed E-state index contributed by atoms with van der Waals surface area (Å²) in [6.45, 7) is 2.10. The van der Waals surface area contributed by atoms with Crippen LogP contribution in [0.3, 0.4) is 0 Å². The van der Waals surface area contributed by atoms with Crippen molar-refractivity contribution < 1.29 is 0 Å². The van der Waals surface area contributed by atoms with Gasteiger partial charge in [-0.25, -0.2) is 0 Å². The maximum Gasteiger partial charge on any atom is 0.0400 e. The van der Waals surface area contributed by atoms with E-state index in [2.05, 4.69) is 27.8 Å². The zero-order valence-electron chi connectivity index (χ0n) is 6.34. The highest BCUT2D eigenvalue weighted by atomic mass is 79.9. The maximum absolute atomic E-state index is 4.10. The first kappa shape index (κ1) is 9.63. The van der Waals surface area contributed by atoms with Crippen LogP contribution in [0.2, 0.25) is 0 Å². The molecule has 0 radical (unpaired) electrons. The van der Waals surface area contributed by atoms with Gasteiger partial charge in [0.15, 0.2) is 0 Å². The van der Waals surface area contributed by atoms with Crippen molar-refractivity contribution in [3.8, 4) is 0 Å². The molecule has 1 aromatic heterocycles. The molecule has 1 nitrogen and oxygen atoms in total. The van der Waals surface area contributed by atoms with E-state index in [9.17, 15) is 0 Å². The average Bonchev–Trinajstić information content (AvgIpc) is 2.10. The molecule has 0 unspecified atom stereocenters. The summed E-state index contributed by atoms with van der Waals surface area (Å²) >= 11 is 2.94. The van der Waals surface area contributed by atoms with Gasteiger partial charge in [0.05, 0.1) is 0 Å². The number of hydrogen-bond donors (Lipinski definition) is 0. The predicted octanol–water partition coefficient (Wildman–Crippen LogP) is 2.66. The first-order valence-electron chi connectivity index (χ1n) is 3.21. The van der Waals surface area contributed by atoms with Crippen molar-refractivity contribution in [3.63, 3.8) is 0 Å². The van der Waals surface area contributed by atoms with Gasteiger partial charge in [-0.15, -0.1) is 0 Å². The molecular weight excluding hydrogens is 190 g/mol. The third-order valence-corrected chi connectivity index (χ3v) is 1.09. The van der Waals surface area contributed by atoms with Crippen LogP contribution in [0, 0.1) is 0 Å². The van der Waals surface area contributed by atoms with Gasteiger partial charge in [0.25, 0.3) is 0 Å². The first-order chi connectivity index (χ1) is 4.93. The molecule has 1 heterocycles. The molecule has 0 saturated heterocycles. The van der Waals surface area contributed by atoms with E-state index in [-0.39, 0.29) is 0 Å². The van der Waals surface area contributed by atoms with E-state index in [0.29, 0.717) is 0 Å². The molecule has 0 aromatic carbocycles. The molecule has 0 spiro atoms. The van der Waals surface area contributed by atoms with Crippen molar-refractivity contribution in [2.45, 2.75) is 13.3 Å². The summed E-state index contributed by atoms with van der Waals surface area (Å²) in [6.07, 6.45) is 2.85. The van der Waals surface area contributed by atoms with Crippen LogP contribution in [-0.4, -0.2) is 10.8 Å². The predicted molar refractivity (Wildman–Crippen MR) is 48.5 cm³/mol. The van der Waals surface area contributed by atoms with Crippen molar-refractivity contribution in [1.82, 2.24) is 4.98 Å². The van der Waals surface area contributed by atoms with Crippen LogP contribution < -0.4 is 0 Å². The van der Waals surface area contributed by atoms with Crippen LogP contribution in [0.4, 0.5) is 0 Å². The summed E-state index contributed by atoms with van der Waals surface area (Å²) in [5.74, 6) is 1.81. The van der Waals surface area contributed by atoms with Crippen molar-refractivity contribution in [1.29, 1.82) is 0 Å². The van der Waals surface area contributed by atoms with Gasteiger partial charge in [-0.05, 0) is 24.4 Å². The second-order valence-electron chi connectivity index (χ2n) is 1.67. The highest BCUT2D eigenvalue weighted by Gasteiger charge is 1.81. The normalized spacial score (nSPS) is 7.90. The SMILES string of the molecule is CBr.CCc1ccccn1. The second-order valence-corrected chi connectivity index (χ2v) is 1.67. The number of pyridine rings is 1. The molecule has 56 valence electrons. The lowest BCUT2D eigenvalue weighted by Gasteiger charge is -1.88. The molecule has 2 heteroatoms. The minimum atomic E-state index is 1.03. The quantitative estimate of drug-likeness (QED) is 0.638. The lowest BCUT2D eigenvalue weighted by Crippen LogP contribution is -1.81. The van der Waals surface area contributed by atoms with E-state index in [1.54, 1.807) is 0 Å². The fourth-order valence-electron chi connectivity index (χ4n) is 0.607. The number of rotatable bonds is 1. The van der Waals surface area contributed by atoms with E-state index < -0.39 is 0 Å². The summed E-state index contributed by atoms with van der Waals surface area (Å²) < 4.78 is 0. The lowest BCUT2D eigenvalue weighted by atomic mass is 10.3. The zero-order valence-corrected chi connectivity index (χ0v) is 7.93. The first-order valence-corrected chi connectivity index (χ1v) is 4.80. The smallest absolute Gasteiger partial charge is 0.0400 e. The Balaban J connectivity index is 0.000000371. The number of halogens is 1. The van der Waals surface area contributed by atoms with Gasteiger partial charge in [0.2, 0.25) is 0 Å². The highest BCUT2D eigenvalue weighted by Crippen LogP contribution is 1.91. The number of alkyl halides is 1. The topological polar surface area (TPSA) is 12.9 Å². The largest absolute Gasteiger partial charge is 0.261 e. The van der Waals surface area contributed by atoms with Crippen LogP contribution in [0.15, 0.2) is 24.4 Å². The van der Waals surface area contributed by atoms with Crippen LogP contribution in [-0.2, 0) is 6.42 Å². The summed E-state index contributed by atoms with van der Waals surface area (Å²) in [6, 6.07) is 5.96. The Morgan fingerprint density at radius 1 is 1.40 bits per heavy atom. The molecule has 0 saturated carbocycles. The van der Waals surface area contributed by atoms with Gasteiger partial charge >= 0.3 is 0 Å². The van der Waals surface area contributed by atoms with Crippen molar-refractivity contribution in [2.75, 3.05) is 5.83 Å². The van der Waals surface area contributed by atoms with Gasteiger partial charge in [0, 0.05) is 11.9 Å². The minimum absolute atomic E-state index is 1.03. The summed E-state index contributed by atoms with van der Waals surface area (Å²) in [7, 11) is 0. The lowest BCUT2D eigenvalue weighted by molar-refractivity contribution is 1.04. The van der Waals surface area contributed by atoms with E-state index >= 15 is 0 Å². The van der Waals surface area contributed by atoms with Crippen molar-refractivity contribution >= 4 is 15.9 Å². The van der Waals surface area contributed by atoms with Gasteiger partial charge < -0.3 is 0 Å². The monoisotopic (exact) mass is 201 g/mol. The maximum atomic E-state index is 4.10. The molecule has 1 rings (SSSR count). The molecule has 0 amide bonds. The second kappa shape index (κ2) is 6.75. The summed E-state index contributed by atoms with van der Waals surface area (Å²) in [5.41, 5.74) is 1.16. The molecular formula is C8H12BrN. The highest BCUT2D eigenvalue weighted by molar-refractivity contribution is 9.08. The van der Waals surface area contributed by atoms with Crippen molar-refractivity contribution in [3.05, 3.63) is 30.1 Å². The average molecular weight is 202 g/mol. The zero-order chi connectivity index (χ0) is 7.82. The van der Waals surface area contributed by atoms with E-state index in [0.717, 1.165) is 12.1 Å². The third kappa shape index (κ3) is 3.62. The fraction of sp³-hybridized carbons (Fsp3) is 0.375. The fourth-order valence-corrected chi connectivity index (χ4v) is 0.607. The van der Waals surface area contributed by atoms with Gasteiger partial charge in [0.1, 0.15) is 0 Å². The van der Waals surface area contributed by atoms with Crippen LogP contribution in [0.5, 0.6) is 0 Å². The molecule has 0 aliphatic carbocycles. The third-order valence-electron chi connectivity index (χ3n) is 1.09. The molecule has 0 atom stereocenters.